The maximum Gasteiger partial charge on any atom is 0.241 e. The van der Waals surface area contributed by atoms with Gasteiger partial charge >= 0.3 is 0 Å². The Morgan fingerprint density at radius 3 is 2.77 bits per heavy atom. The van der Waals surface area contributed by atoms with Gasteiger partial charge in [0.1, 0.15) is 11.4 Å². The molecule has 1 N–H and O–H groups in total. The number of aliphatic hydroxyl groups is 1. The van der Waals surface area contributed by atoms with Crippen LogP contribution in [0.15, 0.2) is 30.4 Å². The molecule has 3 heterocycles. The summed E-state index contributed by atoms with van der Waals surface area (Å²) in [5.74, 6) is -2.10. The molecule has 2 fully saturated rings. The summed E-state index contributed by atoms with van der Waals surface area (Å²) in [6.07, 6.45) is 2.87. The van der Waals surface area contributed by atoms with Crippen LogP contribution in [0.25, 0.3) is 0 Å². The van der Waals surface area contributed by atoms with Gasteiger partial charge in [-0.1, -0.05) is 12.2 Å². The number of carbonyl (C=O) groups excluding carboxylic acids is 3. The molecular formula is C19H19NO6. The molecule has 2 bridgehead atoms. The van der Waals surface area contributed by atoms with Gasteiger partial charge in [0.15, 0.2) is 5.78 Å². The quantitative estimate of drug-likeness (QED) is 0.482. The van der Waals surface area contributed by atoms with Gasteiger partial charge < -0.3 is 14.6 Å². The number of carbonyl (C=O) groups is 3. The Kier molecular flexibility index (Phi) is 3.75. The van der Waals surface area contributed by atoms with E-state index in [0.717, 1.165) is 4.90 Å². The predicted octanol–water partition coefficient (Wildman–Crippen LogP) is 1.09. The standard InChI is InChI=1S/C19H19NO6/c1-3-25-13-5-4-11(10(2)22)8-12(13)20-17(23)15-14-6-7-19(9-21,26-14)16(15)18(20)24/h4-8,14-16,21H,3,9H2,1-2H3/t14-,15-,16+,19-/m1/s1. The highest BCUT2D eigenvalue weighted by Gasteiger charge is 2.67. The molecule has 3 aliphatic rings. The lowest BCUT2D eigenvalue weighted by molar-refractivity contribution is -0.128. The van der Waals surface area contributed by atoms with Crippen molar-refractivity contribution in [2.24, 2.45) is 11.8 Å². The van der Waals surface area contributed by atoms with Crippen LogP contribution < -0.4 is 9.64 Å². The Balaban J connectivity index is 1.80. The minimum atomic E-state index is -1.15. The normalized spacial score (nSPS) is 31.7. The van der Waals surface area contributed by atoms with Crippen molar-refractivity contribution in [2.75, 3.05) is 18.1 Å². The summed E-state index contributed by atoms with van der Waals surface area (Å²) in [4.78, 5) is 39.0. The zero-order chi connectivity index (χ0) is 18.6. The fourth-order valence-electron chi connectivity index (χ4n) is 4.11. The molecule has 0 radical (unpaired) electrons. The van der Waals surface area contributed by atoms with Crippen molar-refractivity contribution in [3.05, 3.63) is 35.9 Å². The van der Waals surface area contributed by atoms with Crippen molar-refractivity contribution >= 4 is 23.3 Å². The summed E-state index contributed by atoms with van der Waals surface area (Å²) in [6.45, 7) is 3.19. The van der Waals surface area contributed by atoms with Gasteiger partial charge in [-0.05, 0) is 32.0 Å². The lowest BCUT2D eigenvalue weighted by Gasteiger charge is -2.27. The highest BCUT2D eigenvalue weighted by Crippen LogP contribution is 2.53. The number of ketones is 1. The van der Waals surface area contributed by atoms with Gasteiger partial charge in [-0.25, -0.2) is 4.90 Å². The van der Waals surface area contributed by atoms with Crippen LogP contribution in [0, 0.1) is 11.8 Å². The van der Waals surface area contributed by atoms with E-state index in [9.17, 15) is 19.5 Å². The Labute approximate surface area is 150 Å². The number of hydrogen-bond donors (Lipinski definition) is 1. The number of ether oxygens (including phenoxy) is 2. The van der Waals surface area contributed by atoms with Crippen molar-refractivity contribution in [2.45, 2.75) is 25.6 Å². The summed E-state index contributed by atoms with van der Waals surface area (Å²) in [5.41, 5.74) is -0.507. The number of anilines is 1. The monoisotopic (exact) mass is 357 g/mol. The summed E-state index contributed by atoms with van der Waals surface area (Å²) < 4.78 is 11.3. The van der Waals surface area contributed by atoms with Crippen LogP contribution in [0.4, 0.5) is 5.69 Å². The first-order valence-electron chi connectivity index (χ1n) is 8.57. The van der Waals surface area contributed by atoms with Crippen LogP contribution in [0.3, 0.4) is 0 Å². The highest BCUT2D eigenvalue weighted by molar-refractivity contribution is 6.24. The maximum atomic E-state index is 13.1. The number of imide groups is 1. The third-order valence-corrected chi connectivity index (χ3v) is 5.31. The number of rotatable bonds is 5. The zero-order valence-corrected chi connectivity index (χ0v) is 14.5. The van der Waals surface area contributed by atoms with Crippen LogP contribution in [-0.2, 0) is 14.3 Å². The third kappa shape index (κ3) is 2.10. The van der Waals surface area contributed by atoms with Crippen LogP contribution in [0.2, 0.25) is 0 Å². The lowest BCUT2D eigenvalue weighted by Crippen LogP contribution is -2.43. The second-order valence-corrected chi connectivity index (χ2v) is 6.74. The molecule has 3 aliphatic heterocycles. The Bertz CT molecular complexity index is 846. The van der Waals surface area contributed by atoms with Crippen LogP contribution >= 0.6 is 0 Å². The second-order valence-electron chi connectivity index (χ2n) is 6.74. The lowest BCUT2D eigenvalue weighted by atomic mass is 9.77. The van der Waals surface area contributed by atoms with Gasteiger partial charge in [-0.3, -0.25) is 14.4 Å². The Morgan fingerprint density at radius 1 is 1.35 bits per heavy atom. The van der Waals surface area contributed by atoms with E-state index in [-0.39, 0.29) is 18.1 Å². The van der Waals surface area contributed by atoms with E-state index in [1.807, 2.05) is 0 Å². The number of benzene rings is 1. The number of aliphatic hydroxyl groups excluding tert-OH is 1. The second kappa shape index (κ2) is 5.75. The SMILES string of the molecule is CCOc1ccc(C(C)=O)cc1N1C(=O)[C@H]2[C@@H](C1=O)[C@]1(CO)C=C[C@H]2O1. The average molecular weight is 357 g/mol. The van der Waals surface area contributed by atoms with Crippen molar-refractivity contribution in [3.63, 3.8) is 0 Å². The molecule has 0 aliphatic carbocycles. The highest BCUT2D eigenvalue weighted by atomic mass is 16.5. The van der Waals surface area contributed by atoms with E-state index < -0.39 is 35.4 Å². The average Bonchev–Trinajstić information content (AvgIpc) is 3.27. The number of hydrogen-bond acceptors (Lipinski definition) is 6. The summed E-state index contributed by atoms with van der Waals surface area (Å²) in [6, 6.07) is 4.70. The van der Waals surface area contributed by atoms with Gasteiger partial charge in [0.2, 0.25) is 11.8 Å². The first-order chi connectivity index (χ1) is 12.4. The molecule has 0 unspecified atom stereocenters. The minimum Gasteiger partial charge on any atom is -0.492 e. The van der Waals surface area contributed by atoms with E-state index in [1.54, 1.807) is 31.2 Å². The van der Waals surface area contributed by atoms with Crippen molar-refractivity contribution in [3.8, 4) is 5.75 Å². The molecule has 1 aromatic rings. The van der Waals surface area contributed by atoms with Gasteiger partial charge in [-0.2, -0.15) is 0 Å². The predicted molar refractivity (Wildman–Crippen MR) is 90.9 cm³/mol. The Hall–Kier alpha value is -2.51. The molecule has 0 aromatic heterocycles. The number of nitrogens with zero attached hydrogens (tertiary/aromatic N) is 1. The van der Waals surface area contributed by atoms with Crippen molar-refractivity contribution in [1.82, 2.24) is 0 Å². The molecule has 2 saturated heterocycles. The first kappa shape index (κ1) is 16.9. The third-order valence-electron chi connectivity index (χ3n) is 5.31. The van der Waals surface area contributed by atoms with Crippen molar-refractivity contribution < 1.29 is 29.0 Å². The van der Waals surface area contributed by atoms with Crippen LogP contribution in [0.1, 0.15) is 24.2 Å². The summed E-state index contributed by atoms with van der Waals surface area (Å²) in [7, 11) is 0. The molecule has 0 spiro atoms. The summed E-state index contributed by atoms with van der Waals surface area (Å²) >= 11 is 0. The molecule has 4 rings (SSSR count). The number of Topliss-reactive ketones (excluding diaryl/α,β-unsaturated/α-hetero) is 1. The molecule has 0 saturated carbocycles. The molecule has 1 aromatic carbocycles. The van der Waals surface area contributed by atoms with Crippen LogP contribution in [0.5, 0.6) is 5.75 Å². The van der Waals surface area contributed by atoms with Crippen molar-refractivity contribution in [1.29, 1.82) is 0 Å². The fraction of sp³-hybridized carbons (Fsp3) is 0.421. The first-order valence-corrected chi connectivity index (χ1v) is 8.57. The van der Waals surface area contributed by atoms with Crippen LogP contribution in [-0.4, -0.2) is 47.6 Å². The molecule has 4 atom stereocenters. The summed E-state index contributed by atoms with van der Waals surface area (Å²) in [5, 5.41) is 9.78. The van der Waals surface area contributed by atoms with Gasteiger partial charge in [0.25, 0.3) is 0 Å². The van der Waals surface area contributed by atoms with E-state index in [4.69, 9.17) is 9.47 Å². The van der Waals surface area contributed by atoms with Gasteiger partial charge in [-0.15, -0.1) is 0 Å². The maximum absolute atomic E-state index is 13.1. The molecule has 136 valence electrons. The smallest absolute Gasteiger partial charge is 0.241 e. The van der Waals surface area contributed by atoms with E-state index in [0.29, 0.717) is 17.9 Å². The number of fused-ring (bicyclic) bond motifs is 5. The fourth-order valence-corrected chi connectivity index (χ4v) is 4.11. The molecule has 26 heavy (non-hydrogen) atoms. The zero-order valence-electron chi connectivity index (χ0n) is 14.5. The molecular weight excluding hydrogens is 338 g/mol. The topological polar surface area (TPSA) is 93.1 Å². The number of amides is 2. The molecule has 7 heteroatoms. The van der Waals surface area contributed by atoms with Gasteiger partial charge in [0, 0.05) is 5.56 Å². The largest absolute Gasteiger partial charge is 0.492 e. The molecule has 7 nitrogen and oxygen atoms in total. The Morgan fingerprint density at radius 2 is 2.12 bits per heavy atom. The molecule has 2 amide bonds. The van der Waals surface area contributed by atoms with E-state index in [2.05, 4.69) is 0 Å². The van der Waals surface area contributed by atoms with E-state index in [1.165, 1.54) is 13.0 Å². The van der Waals surface area contributed by atoms with E-state index >= 15 is 0 Å². The minimum absolute atomic E-state index is 0.175. The van der Waals surface area contributed by atoms with Gasteiger partial charge in [0.05, 0.1) is 36.8 Å².